The zero-order valence-corrected chi connectivity index (χ0v) is 16.2. The number of unbranched alkanes of at least 4 members (excludes halogenated alkanes) is 2. The number of nitrogens with one attached hydrogen (secondary N) is 1. The lowest BCUT2D eigenvalue weighted by molar-refractivity contribution is -0.143. The van der Waals surface area contributed by atoms with Gasteiger partial charge in [0.05, 0.1) is 25.8 Å². The fourth-order valence-electron chi connectivity index (χ4n) is 2.50. The van der Waals surface area contributed by atoms with Gasteiger partial charge in [-0.1, -0.05) is 30.3 Å². The molecule has 0 spiro atoms. The fraction of sp³-hybridized carbons (Fsp3) is 0.364. The molecular formula is C22H27NO5. The van der Waals surface area contributed by atoms with Crippen LogP contribution in [0.15, 0.2) is 54.6 Å². The van der Waals surface area contributed by atoms with E-state index >= 15 is 0 Å². The van der Waals surface area contributed by atoms with Gasteiger partial charge >= 0.3 is 11.9 Å². The number of hydrogen-bond acceptors (Lipinski definition) is 6. The summed E-state index contributed by atoms with van der Waals surface area (Å²) in [6.45, 7) is 1.89. The van der Waals surface area contributed by atoms with Gasteiger partial charge in [0.1, 0.15) is 12.4 Å². The highest BCUT2D eigenvalue weighted by Crippen LogP contribution is 2.13. The Bertz CT molecular complexity index is 715. The quantitative estimate of drug-likeness (QED) is 0.446. The monoisotopic (exact) mass is 385 g/mol. The number of hydrogen-bond donors (Lipinski definition) is 1. The molecule has 0 heterocycles. The van der Waals surface area contributed by atoms with Crippen LogP contribution in [-0.4, -0.2) is 38.7 Å². The Hall–Kier alpha value is -2.86. The molecule has 2 aromatic carbocycles. The minimum atomic E-state index is -0.358. The van der Waals surface area contributed by atoms with Gasteiger partial charge < -0.3 is 19.5 Å². The second kappa shape index (κ2) is 12.5. The second-order valence-electron chi connectivity index (χ2n) is 6.25. The Balaban J connectivity index is 1.46. The van der Waals surface area contributed by atoms with Crippen molar-refractivity contribution in [1.29, 1.82) is 0 Å². The Morgan fingerprint density at radius 1 is 0.929 bits per heavy atom. The zero-order valence-electron chi connectivity index (χ0n) is 16.2. The molecule has 6 heteroatoms. The van der Waals surface area contributed by atoms with E-state index in [4.69, 9.17) is 9.47 Å². The summed E-state index contributed by atoms with van der Waals surface area (Å²) in [6, 6.07) is 16.5. The normalized spacial score (nSPS) is 10.3. The van der Waals surface area contributed by atoms with Crippen molar-refractivity contribution in [1.82, 2.24) is 5.32 Å². The van der Waals surface area contributed by atoms with Gasteiger partial charge in [-0.3, -0.25) is 4.79 Å². The van der Waals surface area contributed by atoms with Gasteiger partial charge in [0.2, 0.25) is 0 Å². The molecular weight excluding hydrogens is 358 g/mol. The molecule has 0 amide bonds. The van der Waals surface area contributed by atoms with Gasteiger partial charge in [-0.2, -0.15) is 0 Å². The van der Waals surface area contributed by atoms with Gasteiger partial charge in [-0.15, -0.1) is 0 Å². The average molecular weight is 385 g/mol. The molecule has 0 fully saturated rings. The molecule has 0 saturated carbocycles. The van der Waals surface area contributed by atoms with Crippen LogP contribution in [0.25, 0.3) is 0 Å². The van der Waals surface area contributed by atoms with Crippen molar-refractivity contribution in [2.75, 3.05) is 26.8 Å². The van der Waals surface area contributed by atoms with Crippen molar-refractivity contribution in [2.45, 2.75) is 25.9 Å². The summed E-state index contributed by atoms with van der Waals surface area (Å²) >= 11 is 0. The van der Waals surface area contributed by atoms with Gasteiger partial charge in [-0.25, -0.2) is 4.79 Å². The molecule has 0 aliphatic rings. The van der Waals surface area contributed by atoms with Crippen LogP contribution in [0.1, 0.15) is 35.2 Å². The third kappa shape index (κ3) is 8.22. The first-order valence-corrected chi connectivity index (χ1v) is 9.40. The number of methoxy groups -OCH3 is 1. The molecule has 2 rings (SSSR count). The summed E-state index contributed by atoms with van der Waals surface area (Å²) in [5.74, 6) is 0.123. The molecule has 0 saturated heterocycles. The van der Waals surface area contributed by atoms with Crippen LogP contribution in [0, 0.1) is 0 Å². The molecule has 0 aromatic heterocycles. The van der Waals surface area contributed by atoms with Crippen molar-refractivity contribution >= 4 is 11.9 Å². The van der Waals surface area contributed by atoms with E-state index in [0.717, 1.165) is 37.1 Å². The summed E-state index contributed by atoms with van der Waals surface area (Å²) < 4.78 is 15.5. The first kappa shape index (κ1) is 21.4. The molecule has 0 aliphatic carbocycles. The first-order chi connectivity index (χ1) is 13.7. The fourth-order valence-corrected chi connectivity index (χ4v) is 2.50. The maximum absolute atomic E-state index is 11.7. The molecule has 6 nitrogen and oxygen atoms in total. The Labute approximate surface area is 165 Å². The van der Waals surface area contributed by atoms with Crippen molar-refractivity contribution < 1.29 is 23.8 Å². The van der Waals surface area contributed by atoms with Gasteiger partial charge in [-0.05, 0) is 55.6 Å². The third-order valence-electron chi connectivity index (χ3n) is 4.05. The molecule has 0 aliphatic heterocycles. The topological polar surface area (TPSA) is 73.9 Å². The average Bonchev–Trinajstić information content (AvgIpc) is 2.74. The molecule has 150 valence electrons. The lowest BCUT2D eigenvalue weighted by atomic mass is 10.2. The van der Waals surface area contributed by atoms with E-state index in [2.05, 4.69) is 10.1 Å². The highest BCUT2D eigenvalue weighted by Gasteiger charge is 2.05. The van der Waals surface area contributed by atoms with E-state index in [9.17, 15) is 9.59 Å². The Morgan fingerprint density at radius 3 is 2.39 bits per heavy atom. The summed E-state index contributed by atoms with van der Waals surface area (Å²) in [5, 5.41) is 3.09. The number of esters is 2. The van der Waals surface area contributed by atoms with E-state index in [0.29, 0.717) is 18.8 Å². The predicted octanol–water partition coefficient (Wildman–Crippen LogP) is 3.36. The second-order valence-corrected chi connectivity index (χ2v) is 6.25. The van der Waals surface area contributed by atoms with Crippen LogP contribution in [0.2, 0.25) is 0 Å². The van der Waals surface area contributed by atoms with Crippen LogP contribution < -0.4 is 10.1 Å². The Morgan fingerprint density at radius 2 is 1.68 bits per heavy atom. The first-order valence-electron chi connectivity index (χ1n) is 9.40. The zero-order chi connectivity index (χ0) is 20.0. The van der Waals surface area contributed by atoms with E-state index in [1.165, 1.54) is 7.11 Å². The molecule has 0 radical (unpaired) electrons. The summed E-state index contributed by atoms with van der Waals surface area (Å²) in [7, 11) is 1.36. The standard InChI is InChI=1S/C22H27NO5/c1-26-22(25)19-10-12-20(13-11-19)27-15-7-3-6-14-23-16-21(24)28-17-18-8-4-2-5-9-18/h2,4-5,8-13,23H,3,6-7,14-17H2,1H3. The molecule has 1 N–H and O–H groups in total. The number of carbonyl (C=O) groups excluding carboxylic acids is 2. The largest absolute Gasteiger partial charge is 0.494 e. The van der Waals surface area contributed by atoms with E-state index in [1.807, 2.05) is 30.3 Å². The Kier molecular flexibility index (Phi) is 9.58. The maximum atomic E-state index is 11.7. The molecule has 28 heavy (non-hydrogen) atoms. The van der Waals surface area contributed by atoms with Crippen LogP contribution in [-0.2, 0) is 20.9 Å². The molecule has 0 bridgehead atoms. The third-order valence-corrected chi connectivity index (χ3v) is 4.05. The summed E-state index contributed by atoms with van der Waals surface area (Å²) in [4.78, 5) is 23.0. The van der Waals surface area contributed by atoms with Gasteiger partial charge in [0.15, 0.2) is 0 Å². The predicted molar refractivity (Wildman–Crippen MR) is 106 cm³/mol. The minimum Gasteiger partial charge on any atom is -0.494 e. The van der Waals surface area contributed by atoms with Gasteiger partial charge in [0.25, 0.3) is 0 Å². The van der Waals surface area contributed by atoms with Crippen LogP contribution >= 0.6 is 0 Å². The van der Waals surface area contributed by atoms with Crippen LogP contribution in [0.3, 0.4) is 0 Å². The lowest BCUT2D eigenvalue weighted by Crippen LogP contribution is -2.25. The van der Waals surface area contributed by atoms with E-state index in [1.54, 1.807) is 24.3 Å². The van der Waals surface area contributed by atoms with E-state index < -0.39 is 0 Å². The molecule has 0 unspecified atom stereocenters. The number of rotatable bonds is 12. The number of carbonyl (C=O) groups is 2. The van der Waals surface area contributed by atoms with E-state index in [-0.39, 0.29) is 18.5 Å². The smallest absolute Gasteiger partial charge is 0.337 e. The summed E-state index contributed by atoms with van der Waals surface area (Å²) in [6.07, 6.45) is 2.86. The SMILES string of the molecule is COC(=O)c1ccc(OCCCCCNCC(=O)OCc2ccccc2)cc1. The molecule has 0 atom stereocenters. The number of ether oxygens (including phenoxy) is 3. The minimum absolute atomic E-state index is 0.218. The highest BCUT2D eigenvalue weighted by molar-refractivity contribution is 5.89. The summed E-state index contributed by atoms with van der Waals surface area (Å²) in [5.41, 5.74) is 1.49. The van der Waals surface area contributed by atoms with Crippen LogP contribution in [0.5, 0.6) is 5.75 Å². The molecule has 2 aromatic rings. The maximum Gasteiger partial charge on any atom is 0.337 e. The van der Waals surface area contributed by atoms with Crippen molar-refractivity contribution in [3.8, 4) is 5.75 Å². The van der Waals surface area contributed by atoms with Crippen LogP contribution in [0.4, 0.5) is 0 Å². The van der Waals surface area contributed by atoms with Crippen molar-refractivity contribution in [3.05, 3.63) is 65.7 Å². The van der Waals surface area contributed by atoms with Gasteiger partial charge in [0, 0.05) is 0 Å². The van der Waals surface area contributed by atoms with Crippen molar-refractivity contribution in [2.24, 2.45) is 0 Å². The highest BCUT2D eigenvalue weighted by atomic mass is 16.5. The number of benzene rings is 2. The van der Waals surface area contributed by atoms with Crippen molar-refractivity contribution in [3.63, 3.8) is 0 Å². The lowest BCUT2D eigenvalue weighted by Gasteiger charge is -2.08.